The molecule has 1 aromatic heterocycles. The fourth-order valence-electron chi connectivity index (χ4n) is 4.58. The minimum absolute atomic E-state index is 0.00863. The number of aryl methyl sites for hydroxylation is 2. The summed E-state index contributed by atoms with van der Waals surface area (Å²) in [6, 6.07) is 15.8. The smallest absolute Gasteiger partial charge is 0.247 e. The lowest BCUT2D eigenvalue weighted by atomic mass is 10.0. The van der Waals surface area contributed by atoms with Crippen molar-refractivity contribution in [3.63, 3.8) is 0 Å². The van der Waals surface area contributed by atoms with E-state index >= 15 is 0 Å². The summed E-state index contributed by atoms with van der Waals surface area (Å²) in [5.74, 6) is 0.175. The molecule has 2 aromatic carbocycles. The number of hydrogen-bond acceptors (Lipinski definition) is 4. The predicted molar refractivity (Wildman–Crippen MR) is 142 cm³/mol. The van der Waals surface area contributed by atoms with Crippen molar-refractivity contribution in [1.82, 2.24) is 14.8 Å². The first-order valence-electron chi connectivity index (χ1n) is 12.3. The van der Waals surface area contributed by atoms with Gasteiger partial charge >= 0.3 is 0 Å². The quantitative estimate of drug-likeness (QED) is 0.441. The van der Waals surface area contributed by atoms with Gasteiger partial charge in [0.2, 0.25) is 11.8 Å². The van der Waals surface area contributed by atoms with Crippen LogP contribution in [0.15, 0.2) is 53.6 Å². The number of carbonyl (C=O) groups is 2. The normalized spacial score (nSPS) is 16.0. The number of aromatic nitrogens is 1. The lowest BCUT2D eigenvalue weighted by molar-refractivity contribution is -0.138. The standard InChI is InChI=1S/C28H35N3O3S/c1-19(2)34-17-7-15-29-27(33)26-25-22-8-5-6-9-23(22)30(4)28(25)35-18-24(32)31(26)16-14-21-12-10-20(3)11-13-21/h5-6,8-13,19,26H,7,14-18H2,1-4H3,(H,29,33)/t26-/m0/s1. The number of ether oxygens (including phenoxy) is 1. The van der Waals surface area contributed by atoms with Gasteiger partial charge in [-0.1, -0.05) is 59.8 Å². The van der Waals surface area contributed by atoms with Crippen LogP contribution in [0, 0.1) is 6.92 Å². The lowest BCUT2D eigenvalue weighted by Crippen LogP contribution is -2.45. The third kappa shape index (κ3) is 5.73. The number of nitrogens with one attached hydrogen (secondary N) is 1. The van der Waals surface area contributed by atoms with Crippen LogP contribution in [0.1, 0.15) is 43.0 Å². The highest BCUT2D eigenvalue weighted by atomic mass is 32.2. The van der Waals surface area contributed by atoms with Gasteiger partial charge in [-0.15, -0.1) is 0 Å². The van der Waals surface area contributed by atoms with Crippen molar-refractivity contribution < 1.29 is 14.3 Å². The molecular formula is C28H35N3O3S. The Hall–Kier alpha value is -2.77. The third-order valence-electron chi connectivity index (χ3n) is 6.41. The molecule has 0 saturated heterocycles. The molecule has 186 valence electrons. The molecule has 1 aliphatic heterocycles. The first kappa shape index (κ1) is 25.3. The highest BCUT2D eigenvalue weighted by molar-refractivity contribution is 8.00. The van der Waals surface area contributed by atoms with Gasteiger partial charge in [0.1, 0.15) is 6.04 Å². The second-order valence-corrected chi connectivity index (χ2v) is 10.3. The van der Waals surface area contributed by atoms with Crippen LogP contribution in [-0.2, 0) is 27.8 Å². The summed E-state index contributed by atoms with van der Waals surface area (Å²) >= 11 is 1.53. The van der Waals surface area contributed by atoms with Gasteiger partial charge in [-0.3, -0.25) is 9.59 Å². The summed E-state index contributed by atoms with van der Waals surface area (Å²) in [5, 5.41) is 5.10. The number of nitrogens with zero attached hydrogens (tertiary/aromatic N) is 2. The molecule has 35 heavy (non-hydrogen) atoms. The molecule has 0 radical (unpaired) electrons. The maximum atomic E-state index is 13.7. The summed E-state index contributed by atoms with van der Waals surface area (Å²) in [4.78, 5) is 28.9. The van der Waals surface area contributed by atoms with Crippen LogP contribution >= 0.6 is 11.8 Å². The highest BCUT2D eigenvalue weighted by Crippen LogP contribution is 2.41. The molecular weight excluding hydrogens is 458 g/mol. The van der Waals surface area contributed by atoms with Gasteiger partial charge in [-0.05, 0) is 45.2 Å². The molecule has 3 aromatic rings. The fraction of sp³-hybridized carbons (Fsp3) is 0.429. The summed E-state index contributed by atoms with van der Waals surface area (Å²) < 4.78 is 7.73. The van der Waals surface area contributed by atoms with E-state index < -0.39 is 6.04 Å². The van der Waals surface area contributed by atoms with Crippen molar-refractivity contribution in [2.24, 2.45) is 7.05 Å². The zero-order valence-electron chi connectivity index (χ0n) is 21.0. The van der Waals surface area contributed by atoms with Crippen molar-refractivity contribution in [2.75, 3.05) is 25.4 Å². The average Bonchev–Trinajstić information content (AvgIpc) is 3.02. The number of hydrogen-bond donors (Lipinski definition) is 1. The van der Waals surface area contributed by atoms with E-state index in [-0.39, 0.29) is 17.9 Å². The van der Waals surface area contributed by atoms with Crippen LogP contribution in [0.3, 0.4) is 0 Å². The zero-order valence-corrected chi connectivity index (χ0v) is 21.9. The van der Waals surface area contributed by atoms with Gasteiger partial charge in [-0.25, -0.2) is 0 Å². The Balaban J connectivity index is 1.65. The molecule has 4 rings (SSSR count). The number of benzene rings is 2. The van der Waals surface area contributed by atoms with Gasteiger partial charge in [-0.2, -0.15) is 0 Å². The molecule has 1 atom stereocenters. The van der Waals surface area contributed by atoms with Crippen LogP contribution in [0.5, 0.6) is 0 Å². The molecule has 0 bridgehead atoms. The molecule has 6 nitrogen and oxygen atoms in total. The van der Waals surface area contributed by atoms with E-state index in [4.69, 9.17) is 4.74 Å². The Morgan fingerprint density at radius 1 is 1.17 bits per heavy atom. The maximum absolute atomic E-state index is 13.7. The van der Waals surface area contributed by atoms with E-state index in [1.54, 1.807) is 4.90 Å². The van der Waals surface area contributed by atoms with E-state index in [2.05, 4.69) is 53.2 Å². The average molecular weight is 494 g/mol. The van der Waals surface area contributed by atoms with Crippen molar-refractivity contribution in [2.45, 2.75) is 50.8 Å². The van der Waals surface area contributed by atoms with Gasteiger partial charge in [0.05, 0.1) is 16.9 Å². The number of amides is 2. The maximum Gasteiger partial charge on any atom is 0.247 e. The third-order valence-corrected chi connectivity index (χ3v) is 7.57. The zero-order chi connectivity index (χ0) is 24.9. The van der Waals surface area contributed by atoms with Crippen LogP contribution in [0.25, 0.3) is 10.9 Å². The summed E-state index contributed by atoms with van der Waals surface area (Å²) in [6.07, 6.45) is 1.59. The molecule has 0 saturated carbocycles. The van der Waals surface area contributed by atoms with E-state index in [1.807, 2.05) is 33.0 Å². The minimum atomic E-state index is -0.671. The fourth-order valence-corrected chi connectivity index (χ4v) is 5.68. The first-order chi connectivity index (χ1) is 16.9. The largest absolute Gasteiger partial charge is 0.379 e. The Bertz CT molecular complexity index is 1190. The van der Waals surface area contributed by atoms with E-state index in [0.717, 1.165) is 33.5 Å². The second kappa shape index (κ2) is 11.3. The number of carbonyl (C=O) groups excluding carboxylic acids is 2. The Labute approximate surface area is 212 Å². The van der Waals surface area contributed by atoms with E-state index in [0.29, 0.717) is 31.9 Å². The molecule has 1 aliphatic rings. The molecule has 0 fully saturated rings. The molecule has 2 heterocycles. The Kier molecular flexibility index (Phi) is 8.19. The monoisotopic (exact) mass is 493 g/mol. The molecule has 0 spiro atoms. The van der Waals surface area contributed by atoms with Crippen LogP contribution in [0.2, 0.25) is 0 Å². The Morgan fingerprint density at radius 3 is 2.66 bits per heavy atom. The number of para-hydroxylation sites is 1. The molecule has 7 heteroatoms. The number of fused-ring (bicyclic) bond motifs is 3. The SMILES string of the molecule is Cc1ccc(CCN2C(=O)CSc3c(c4ccccc4n3C)[C@H]2C(=O)NCCCOC(C)C)cc1. The van der Waals surface area contributed by atoms with Crippen molar-refractivity contribution in [3.05, 3.63) is 65.2 Å². The topological polar surface area (TPSA) is 63.6 Å². The van der Waals surface area contributed by atoms with Crippen LogP contribution in [0.4, 0.5) is 0 Å². The van der Waals surface area contributed by atoms with Gasteiger partial charge in [0, 0.05) is 43.2 Å². The second-order valence-electron chi connectivity index (χ2n) is 9.37. The van der Waals surface area contributed by atoms with E-state index in [9.17, 15) is 9.59 Å². The lowest BCUT2D eigenvalue weighted by Gasteiger charge is -2.30. The van der Waals surface area contributed by atoms with Crippen LogP contribution in [-0.4, -0.2) is 52.8 Å². The van der Waals surface area contributed by atoms with Crippen molar-refractivity contribution in [1.29, 1.82) is 0 Å². The summed E-state index contributed by atoms with van der Waals surface area (Å²) in [7, 11) is 2.01. The van der Waals surface area contributed by atoms with Crippen molar-refractivity contribution in [3.8, 4) is 0 Å². The highest BCUT2D eigenvalue weighted by Gasteiger charge is 2.38. The molecule has 0 unspecified atom stereocenters. The Morgan fingerprint density at radius 2 is 1.91 bits per heavy atom. The number of thioether (sulfide) groups is 1. The molecule has 1 N–H and O–H groups in total. The summed E-state index contributed by atoms with van der Waals surface area (Å²) in [5.41, 5.74) is 4.36. The van der Waals surface area contributed by atoms with E-state index in [1.165, 1.54) is 17.3 Å². The molecule has 2 amide bonds. The summed E-state index contributed by atoms with van der Waals surface area (Å²) in [6.45, 7) is 7.65. The van der Waals surface area contributed by atoms with Crippen molar-refractivity contribution >= 4 is 34.5 Å². The van der Waals surface area contributed by atoms with Gasteiger partial charge in [0.25, 0.3) is 0 Å². The van der Waals surface area contributed by atoms with Crippen LogP contribution < -0.4 is 5.32 Å². The number of rotatable bonds is 9. The molecule has 0 aliphatic carbocycles. The minimum Gasteiger partial charge on any atom is -0.379 e. The first-order valence-corrected chi connectivity index (χ1v) is 13.3. The predicted octanol–water partition coefficient (Wildman–Crippen LogP) is 4.64. The van der Waals surface area contributed by atoms with Gasteiger partial charge in [0.15, 0.2) is 0 Å². The van der Waals surface area contributed by atoms with Gasteiger partial charge < -0.3 is 19.5 Å².